The number of rotatable bonds is 3. The van der Waals surface area contributed by atoms with Gasteiger partial charge in [0.1, 0.15) is 5.76 Å². The summed E-state index contributed by atoms with van der Waals surface area (Å²) < 4.78 is 0. The van der Waals surface area contributed by atoms with E-state index in [2.05, 4.69) is 5.32 Å². The fourth-order valence-electron chi connectivity index (χ4n) is 0.461. The van der Waals surface area contributed by atoms with Gasteiger partial charge in [-0.05, 0) is 13.0 Å². The molecule has 2 N–H and O–H groups in total. The first-order chi connectivity index (χ1) is 4.81. The minimum atomic E-state index is 0.223. The van der Waals surface area contributed by atoms with Gasteiger partial charge in [0.2, 0.25) is 0 Å². The van der Waals surface area contributed by atoms with Crippen LogP contribution in [0.1, 0.15) is 6.92 Å². The molecule has 0 atom stereocenters. The highest BCUT2D eigenvalue weighted by Crippen LogP contribution is 1.88. The molecule has 0 amide bonds. The van der Waals surface area contributed by atoms with Gasteiger partial charge in [-0.25, -0.2) is 0 Å². The standard InChI is InChI=1S/C8H13NO/c1-3-4-5-6-8(10)7-9-2/h3-7,9-10H,1-2H3/b4-3-,6-5-,8-7-. The van der Waals surface area contributed by atoms with Crippen LogP contribution in [0, 0.1) is 0 Å². The van der Waals surface area contributed by atoms with Gasteiger partial charge < -0.3 is 10.4 Å². The van der Waals surface area contributed by atoms with Gasteiger partial charge in [0, 0.05) is 13.2 Å². The van der Waals surface area contributed by atoms with Crippen molar-refractivity contribution in [1.29, 1.82) is 0 Å². The average molecular weight is 139 g/mol. The highest BCUT2D eigenvalue weighted by atomic mass is 16.3. The molecule has 10 heavy (non-hydrogen) atoms. The largest absolute Gasteiger partial charge is 0.506 e. The summed E-state index contributed by atoms with van der Waals surface area (Å²) in [5.41, 5.74) is 0. The van der Waals surface area contributed by atoms with Crippen molar-refractivity contribution in [3.05, 3.63) is 36.3 Å². The van der Waals surface area contributed by atoms with Crippen molar-refractivity contribution in [3.63, 3.8) is 0 Å². The smallest absolute Gasteiger partial charge is 0.131 e. The first-order valence-corrected chi connectivity index (χ1v) is 3.17. The van der Waals surface area contributed by atoms with Crippen molar-refractivity contribution in [2.45, 2.75) is 6.92 Å². The minimum absolute atomic E-state index is 0.223. The van der Waals surface area contributed by atoms with Crippen LogP contribution < -0.4 is 5.32 Å². The molecule has 0 aliphatic carbocycles. The molecule has 0 aromatic carbocycles. The highest BCUT2D eigenvalue weighted by Gasteiger charge is 1.77. The Bertz CT molecular complexity index is 157. The van der Waals surface area contributed by atoms with Crippen LogP contribution in [-0.4, -0.2) is 12.2 Å². The third-order valence-corrected chi connectivity index (χ3v) is 0.863. The van der Waals surface area contributed by atoms with Gasteiger partial charge in [0.25, 0.3) is 0 Å². The van der Waals surface area contributed by atoms with Crippen molar-refractivity contribution < 1.29 is 5.11 Å². The van der Waals surface area contributed by atoms with Crippen LogP contribution in [0.25, 0.3) is 0 Å². The van der Waals surface area contributed by atoms with Gasteiger partial charge in [-0.3, -0.25) is 0 Å². The zero-order valence-corrected chi connectivity index (χ0v) is 6.33. The molecule has 0 heterocycles. The molecule has 0 bridgehead atoms. The molecule has 0 saturated carbocycles. The summed E-state index contributed by atoms with van der Waals surface area (Å²) in [7, 11) is 1.74. The highest BCUT2D eigenvalue weighted by molar-refractivity contribution is 5.14. The summed E-state index contributed by atoms with van der Waals surface area (Å²) >= 11 is 0. The van der Waals surface area contributed by atoms with E-state index in [1.54, 1.807) is 19.2 Å². The molecular formula is C8H13NO. The zero-order valence-electron chi connectivity index (χ0n) is 6.33. The van der Waals surface area contributed by atoms with E-state index in [0.717, 1.165) is 0 Å². The van der Waals surface area contributed by atoms with E-state index in [1.165, 1.54) is 6.20 Å². The second kappa shape index (κ2) is 5.95. The fourth-order valence-corrected chi connectivity index (χ4v) is 0.461. The number of allylic oxidation sites excluding steroid dienone is 4. The summed E-state index contributed by atoms with van der Waals surface area (Å²) in [4.78, 5) is 0. The minimum Gasteiger partial charge on any atom is -0.506 e. The molecule has 56 valence electrons. The average Bonchev–Trinajstić information content (AvgIpc) is 1.89. The summed E-state index contributed by atoms with van der Waals surface area (Å²) in [6.45, 7) is 1.92. The molecular weight excluding hydrogens is 126 g/mol. The van der Waals surface area contributed by atoms with E-state index in [0.29, 0.717) is 0 Å². The second-order valence-electron chi connectivity index (χ2n) is 1.74. The number of aliphatic hydroxyl groups is 1. The second-order valence-corrected chi connectivity index (χ2v) is 1.74. The van der Waals surface area contributed by atoms with Crippen LogP contribution in [0.5, 0.6) is 0 Å². The molecule has 0 aromatic heterocycles. The summed E-state index contributed by atoms with van der Waals surface area (Å²) in [6.07, 6.45) is 8.63. The summed E-state index contributed by atoms with van der Waals surface area (Å²) in [5, 5.41) is 11.7. The lowest BCUT2D eigenvalue weighted by Crippen LogP contribution is -1.93. The Balaban J connectivity index is 3.76. The van der Waals surface area contributed by atoms with Crippen molar-refractivity contribution in [3.8, 4) is 0 Å². The van der Waals surface area contributed by atoms with Crippen LogP contribution in [-0.2, 0) is 0 Å². The van der Waals surface area contributed by atoms with Crippen molar-refractivity contribution in [1.82, 2.24) is 5.32 Å². The normalized spacial score (nSPS) is 13.2. The lowest BCUT2D eigenvalue weighted by molar-refractivity contribution is 0.428. The molecule has 0 radical (unpaired) electrons. The lowest BCUT2D eigenvalue weighted by atomic mass is 10.4. The number of nitrogens with one attached hydrogen (secondary N) is 1. The molecule has 0 unspecified atom stereocenters. The van der Waals surface area contributed by atoms with E-state index < -0.39 is 0 Å². The maximum absolute atomic E-state index is 8.95. The van der Waals surface area contributed by atoms with E-state index in [-0.39, 0.29) is 5.76 Å². The monoisotopic (exact) mass is 139 g/mol. The maximum Gasteiger partial charge on any atom is 0.131 e. The predicted molar refractivity (Wildman–Crippen MR) is 43.7 cm³/mol. The van der Waals surface area contributed by atoms with E-state index in [9.17, 15) is 0 Å². The molecule has 0 spiro atoms. The molecule has 0 rings (SSSR count). The molecule has 2 heteroatoms. The number of hydrogen-bond donors (Lipinski definition) is 2. The van der Waals surface area contributed by atoms with Gasteiger partial charge in [0.05, 0.1) is 0 Å². The molecule has 2 nitrogen and oxygen atoms in total. The Morgan fingerprint density at radius 1 is 1.40 bits per heavy atom. The van der Waals surface area contributed by atoms with Gasteiger partial charge >= 0.3 is 0 Å². The Hall–Kier alpha value is -1.18. The summed E-state index contributed by atoms with van der Waals surface area (Å²) in [6, 6.07) is 0. The quantitative estimate of drug-likeness (QED) is 0.461. The lowest BCUT2D eigenvalue weighted by Gasteiger charge is -1.88. The van der Waals surface area contributed by atoms with Crippen molar-refractivity contribution in [2.24, 2.45) is 0 Å². The molecule has 0 aromatic rings. The van der Waals surface area contributed by atoms with Crippen LogP contribution in [0.3, 0.4) is 0 Å². The molecule has 0 aliphatic rings. The Labute approximate surface area is 61.6 Å². The first-order valence-electron chi connectivity index (χ1n) is 3.17. The van der Waals surface area contributed by atoms with Crippen LogP contribution in [0.15, 0.2) is 36.3 Å². The van der Waals surface area contributed by atoms with Gasteiger partial charge in [-0.15, -0.1) is 0 Å². The van der Waals surface area contributed by atoms with E-state index in [1.807, 2.05) is 19.1 Å². The van der Waals surface area contributed by atoms with E-state index >= 15 is 0 Å². The number of aliphatic hydroxyl groups excluding tert-OH is 1. The SMILES string of the molecule is C\C=C/C=C\C(O)=C\NC. The van der Waals surface area contributed by atoms with Gasteiger partial charge in [0.15, 0.2) is 0 Å². The summed E-state index contributed by atoms with van der Waals surface area (Å²) in [5.74, 6) is 0.223. The first kappa shape index (κ1) is 8.82. The Morgan fingerprint density at radius 2 is 2.10 bits per heavy atom. The van der Waals surface area contributed by atoms with Crippen molar-refractivity contribution >= 4 is 0 Å². The van der Waals surface area contributed by atoms with E-state index in [4.69, 9.17) is 5.11 Å². The molecule has 0 saturated heterocycles. The zero-order chi connectivity index (χ0) is 7.82. The third-order valence-electron chi connectivity index (χ3n) is 0.863. The van der Waals surface area contributed by atoms with Gasteiger partial charge in [-0.1, -0.05) is 18.2 Å². The van der Waals surface area contributed by atoms with Crippen LogP contribution in [0.4, 0.5) is 0 Å². The van der Waals surface area contributed by atoms with Crippen LogP contribution in [0.2, 0.25) is 0 Å². The Kier molecular flexibility index (Phi) is 5.25. The third kappa shape index (κ3) is 4.97. The topological polar surface area (TPSA) is 32.3 Å². The molecule has 0 fully saturated rings. The van der Waals surface area contributed by atoms with Gasteiger partial charge in [-0.2, -0.15) is 0 Å². The van der Waals surface area contributed by atoms with Crippen molar-refractivity contribution in [2.75, 3.05) is 7.05 Å². The predicted octanol–water partition coefficient (Wildman–Crippen LogP) is 1.74. The number of hydrogen-bond acceptors (Lipinski definition) is 2. The van der Waals surface area contributed by atoms with Crippen LogP contribution >= 0.6 is 0 Å². The Morgan fingerprint density at radius 3 is 2.60 bits per heavy atom. The maximum atomic E-state index is 8.95. The fraction of sp³-hybridized carbons (Fsp3) is 0.250. The molecule has 0 aliphatic heterocycles.